The lowest BCUT2D eigenvalue weighted by molar-refractivity contribution is -0.139. The summed E-state index contributed by atoms with van der Waals surface area (Å²) in [6, 6.07) is -0.387. The van der Waals surface area contributed by atoms with Crippen molar-refractivity contribution in [3.63, 3.8) is 0 Å². The quantitative estimate of drug-likeness (QED) is 0.611. The molecule has 0 bridgehead atoms. The topological polar surface area (TPSA) is 49.3 Å². The van der Waals surface area contributed by atoms with Gasteiger partial charge in [0, 0.05) is 0 Å². The molecule has 0 aromatic heterocycles. The van der Waals surface area contributed by atoms with E-state index < -0.39 is 5.97 Å². The lowest BCUT2D eigenvalue weighted by Gasteiger charge is -2.10. The molecule has 3 nitrogen and oxygen atoms in total. The molecule has 0 spiro atoms. The number of hydrogen-bond acceptors (Lipinski definition) is 3. The number of carbonyl (C=O) groups is 1. The highest BCUT2D eigenvalue weighted by atomic mass is 32.2. The maximum atomic E-state index is 10.6. The van der Waals surface area contributed by atoms with Crippen molar-refractivity contribution in [1.29, 1.82) is 0 Å². The summed E-state index contributed by atoms with van der Waals surface area (Å²) in [7, 11) is 1.69. The van der Waals surface area contributed by atoms with Crippen molar-refractivity contribution in [2.45, 2.75) is 32.7 Å². The molecule has 0 saturated carbocycles. The van der Waals surface area contributed by atoms with Gasteiger partial charge in [-0.15, -0.1) is 0 Å². The maximum absolute atomic E-state index is 10.6. The van der Waals surface area contributed by atoms with Crippen LogP contribution in [-0.2, 0) is 4.79 Å². The summed E-state index contributed by atoms with van der Waals surface area (Å²) in [6.45, 7) is 4.41. The lowest BCUT2D eigenvalue weighted by Crippen LogP contribution is -2.34. The van der Waals surface area contributed by atoms with Crippen molar-refractivity contribution < 1.29 is 9.90 Å². The van der Waals surface area contributed by atoms with Crippen molar-refractivity contribution in [2.75, 3.05) is 18.6 Å². The first kappa shape index (κ1) is 13.8. The van der Waals surface area contributed by atoms with Crippen molar-refractivity contribution in [1.82, 2.24) is 5.32 Å². The number of rotatable bonds is 8. The van der Waals surface area contributed by atoms with Crippen molar-refractivity contribution in [3.05, 3.63) is 0 Å². The fraction of sp³-hybridized carbons (Fsp3) is 0.900. The minimum atomic E-state index is -0.753. The van der Waals surface area contributed by atoms with Gasteiger partial charge in [-0.3, -0.25) is 4.79 Å². The van der Waals surface area contributed by atoms with E-state index >= 15 is 0 Å². The van der Waals surface area contributed by atoms with Gasteiger partial charge < -0.3 is 10.4 Å². The second-order valence-corrected chi connectivity index (χ2v) is 4.99. The first-order valence-electron chi connectivity index (χ1n) is 5.05. The zero-order valence-electron chi connectivity index (χ0n) is 9.25. The van der Waals surface area contributed by atoms with E-state index in [1.165, 1.54) is 6.42 Å². The van der Waals surface area contributed by atoms with Gasteiger partial charge in [0.2, 0.25) is 0 Å². The van der Waals surface area contributed by atoms with Gasteiger partial charge in [0.25, 0.3) is 0 Å². The highest BCUT2D eigenvalue weighted by Crippen LogP contribution is 2.10. The molecule has 0 aliphatic heterocycles. The van der Waals surface area contributed by atoms with Crippen LogP contribution in [0.15, 0.2) is 0 Å². The van der Waals surface area contributed by atoms with Crippen molar-refractivity contribution in [3.8, 4) is 0 Å². The number of carboxylic acid groups (broad SMARTS) is 1. The van der Waals surface area contributed by atoms with E-state index in [-0.39, 0.29) is 6.04 Å². The zero-order chi connectivity index (χ0) is 11.0. The molecular weight excluding hydrogens is 198 g/mol. The minimum absolute atomic E-state index is 0.387. The van der Waals surface area contributed by atoms with Crippen LogP contribution in [0.3, 0.4) is 0 Å². The van der Waals surface area contributed by atoms with Crippen molar-refractivity contribution >= 4 is 17.7 Å². The third-order valence-corrected chi connectivity index (χ3v) is 3.09. The second kappa shape index (κ2) is 8.12. The monoisotopic (exact) mass is 219 g/mol. The average Bonchev–Trinajstić information content (AvgIpc) is 2.10. The third kappa shape index (κ3) is 7.21. The molecule has 84 valence electrons. The molecule has 0 aromatic rings. The van der Waals surface area contributed by atoms with Crippen LogP contribution in [0.25, 0.3) is 0 Å². The predicted octanol–water partition coefficient (Wildman–Crippen LogP) is 1.83. The van der Waals surface area contributed by atoms with Crippen molar-refractivity contribution in [2.24, 2.45) is 5.92 Å². The molecule has 0 amide bonds. The molecule has 0 saturated heterocycles. The van der Waals surface area contributed by atoms with Crippen LogP contribution in [0.2, 0.25) is 0 Å². The standard InChI is InChI=1S/C10H21NO2S/c1-8(2)4-6-14-7-5-9(11-3)10(12)13/h8-9,11H,4-7H2,1-3H3,(H,12,13). The molecule has 1 atom stereocenters. The minimum Gasteiger partial charge on any atom is -0.480 e. The highest BCUT2D eigenvalue weighted by molar-refractivity contribution is 7.99. The first-order chi connectivity index (χ1) is 6.57. The smallest absolute Gasteiger partial charge is 0.320 e. The Morgan fingerprint density at radius 3 is 2.36 bits per heavy atom. The average molecular weight is 219 g/mol. The first-order valence-corrected chi connectivity index (χ1v) is 6.21. The SMILES string of the molecule is CNC(CCSCCC(C)C)C(=O)O. The molecule has 1 unspecified atom stereocenters. The molecule has 0 heterocycles. The number of hydrogen-bond donors (Lipinski definition) is 2. The molecule has 0 fully saturated rings. The van der Waals surface area contributed by atoms with Crippen LogP contribution in [0.5, 0.6) is 0 Å². The normalized spacial score (nSPS) is 13.1. The fourth-order valence-corrected chi connectivity index (χ4v) is 2.26. The van der Waals surface area contributed by atoms with Gasteiger partial charge in [0.1, 0.15) is 6.04 Å². The van der Waals surface area contributed by atoms with Gasteiger partial charge in [0.05, 0.1) is 0 Å². The Balaban J connectivity index is 3.38. The van der Waals surface area contributed by atoms with Gasteiger partial charge in [-0.2, -0.15) is 11.8 Å². The zero-order valence-corrected chi connectivity index (χ0v) is 10.1. The van der Waals surface area contributed by atoms with E-state index in [9.17, 15) is 4.79 Å². The van der Waals surface area contributed by atoms with Crippen LogP contribution in [0.1, 0.15) is 26.7 Å². The van der Waals surface area contributed by atoms with Gasteiger partial charge in [0.15, 0.2) is 0 Å². The summed E-state index contributed by atoms with van der Waals surface area (Å²) in [6.07, 6.45) is 1.91. The van der Waals surface area contributed by atoms with Crippen LogP contribution in [0.4, 0.5) is 0 Å². The molecule has 0 aliphatic rings. The lowest BCUT2D eigenvalue weighted by atomic mass is 10.2. The van der Waals surface area contributed by atoms with E-state index in [4.69, 9.17) is 5.11 Å². The van der Waals surface area contributed by atoms with E-state index in [1.54, 1.807) is 7.05 Å². The molecule has 0 rings (SSSR count). The van der Waals surface area contributed by atoms with Gasteiger partial charge in [-0.05, 0) is 37.3 Å². The molecule has 0 aromatic carbocycles. The Hall–Kier alpha value is -0.220. The number of nitrogens with one attached hydrogen (secondary N) is 1. The van der Waals surface area contributed by atoms with Crippen LogP contribution in [-0.4, -0.2) is 35.7 Å². The Bertz CT molecular complexity index is 162. The molecule has 4 heteroatoms. The van der Waals surface area contributed by atoms with Crippen LogP contribution >= 0.6 is 11.8 Å². The molecule has 14 heavy (non-hydrogen) atoms. The Morgan fingerprint density at radius 2 is 1.93 bits per heavy atom. The summed E-state index contributed by atoms with van der Waals surface area (Å²) < 4.78 is 0. The third-order valence-electron chi connectivity index (χ3n) is 2.04. The van der Waals surface area contributed by atoms with Gasteiger partial charge >= 0.3 is 5.97 Å². The predicted molar refractivity (Wildman–Crippen MR) is 61.9 cm³/mol. The van der Waals surface area contributed by atoms with E-state index in [1.807, 2.05) is 11.8 Å². The molecule has 2 N–H and O–H groups in total. The number of carboxylic acids is 1. The van der Waals surface area contributed by atoms with E-state index in [2.05, 4.69) is 19.2 Å². The van der Waals surface area contributed by atoms with E-state index in [0.29, 0.717) is 6.42 Å². The molecular formula is C10H21NO2S. The second-order valence-electron chi connectivity index (χ2n) is 3.76. The van der Waals surface area contributed by atoms with Crippen LogP contribution < -0.4 is 5.32 Å². The number of aliphatic carboxylic acids is 1. The summed E-state index contributed by atoms with van der Waals surface area (Å²) in [5.74, 6) is 2.04. The highest BCUT2D eigenvalue weighted by Gasteiger charge is 2.13. The van der Waals surface area contributed by atoms with Gasteiger partial charge in [-0.1, -0.05) is 13.8 Å². The van der Waals surface area contributed by atoms with E-state index in [0.717, 1.165) is 17.4 Å². The summed E-state index contributed by atoms with van der Waals surface area (Å²) >= 11 is 1.84. The number of thioether (sulfide) groups is 1. The van der Waals surface area contributed by atoms with Gasteiger partial charge in [-0.25, -0.2) is 0 Å². The fourth-order valence-electron chi connectivity index (χ4n) is 1.01. The number of likely N-dealkylation sites (N-methyl/N-ethyl adjacent to an activating group) is 1. The summed E-state index contributed by atoms with van der Waals surface area (Å²) in [4.78, 5) is 10.6. The Labute approximate surface area is 90.7 Å². The molecule has 0 radical (unpaired) electrons. The summed E-state index contributed by atoms with van der Waals surface area (Å²) in [5, 5.41) is 11.5. The summed E-state index contributed by atoms with van der Waals surface area (Å²) in [5.41, 5.74) is 0. The molecule has 0 aliphatic carbocycles. The maximum Gasteiger partial charge on any atom is 0.320 e. The largest absolute Gasteiger partial charge is 0.480 e. The Morgan fingerprint density at radius 1 is 1.36 bits per heavy atom. The Kier molecular flexibility index (Phi) is 7.99. The van der Waals surface area contributed by atoms with Crippen LogP contribution in [0, 0.1) is 5.92 Å².